The molecule has 0 aliphatic heterocycles. The lowest BCUT2D eigenvalue weighted by Gasteiger charge is -2.32. The number of unbranched alkanes of at least 4 members (excludes halogenated alkanes) is 8. The number of rotatable bonds is 14. The molecule has 0 rings (SSSR count). The molecule has 0 fully saturated rings. The van der Waals surface area contributed by atoms with Crippen LogP contribution >= 0.6 is 0 Å². The lowest BCUT2D eigenvalue weighted by Crippen LogP contribution is -2.55. The van der Waals surface area contributed by atoms with E-state index in [1.807, 2.05) is 0 Å². The van der Waals surface area contributed by atoms with Gasteiger partial charge in [0.1, 0.15) is 0 Å². The molecule has 21 heavy (non-hydrogen) atoms. The van der Waals surface area contributed by atoms with Gasteiger partial charge in [0.05, 0.1) is 0 Å². The fourth-order valence-corrected chi connectivity index (χ4v) is 2.37. The molecule has 0 radical (unpaired) electrons. The number of hydrogen-bond acceptors (Lipinski definition) is 5. The molecule has 2 atom stereocenters. The molecular formula is C16H36N2O3. The molecule has 5 heteroatoms. The molecule has 0 aromatic rings. The van der Waals surface area contributed by atoms with Crippen LogP contribution in [0.25, 0.3) is 0 Å². The van der Waals surface area contributed by atoms with Crippen LogP contribution in [-0.2, 0) is 4.74 Å². The molecular weight excluding hydrogens is 268 g/mol. The van der Waals surface area contributed by atoms with Crippen molar-refractivity contribution in [3.8, 4) is 0 Å². The Bertz CT molecular complexity index is 222. The largest absolute Gasteiger partial charge is 0.353 e. The summed E-state index contributed by atoms with van der Waals surface area (Å²) in [5.74, 6) is -3.70. The minimum atomic E-state index is -1.85. The Balaban J connectivity index is 3.87. The molecule has 5 nitrogen and oxygen atoms in total. The van der Waals surface area contributed by atoms with E-state index in [1.165, 1.54) is 25.7 Å². The molecule has 6 N–H and O–H groups in total. The van der Waals surface area contributed by atoms with Gasteiger partial charge in [-0.2, -0.15) is 0 Å². The normalized spacial score (nSPS) is 17.4. The Morgan fingerprint density at radius 2 is 1.00 bits per heavy atom. The standard InChI is InChI=1S/C16H36N2O3/c1-3-5-7-9-11-13-15(17,19)21-16(18,20)14-12-10-8-6-4-2/h19-20H,3-14,17-18H2,1-2H3. The Kier molecular flexibility index (Phi) is 11.3. The first-order valence-electron chi connectivity index (χ1n) is 8.55. The van der Waals surface area contributed by atoms with Crippen LogP contribution in [-0.4, -0.2) is 22.0 Å². The van der Waals surface area contributed by atoms with Crippen LogP contribution in [0.3, 0.4) is 0 Å². The van der Waals surface area contributed by atoms with Gasteiger partial charge in [-0.25, -0.2) is 0 Å². The van der Waals surface area contributed by atoms with Crippen molar-refractivity contribution in [3.63, 3.8) is 0 Å². The van der Waals surface area contributed by atoms with Gasteiger partial charge in [0.2, 0.25) is 11.8 Å². The maximum absolute atomic E-state index is 9.96. The molecule has 0 aliphatic carbocycles. The highest BCUT2D eigenvalue weighted by atomic mass is 16.7. The highest BCUT2D eigenvalue weighted by Gasteiger charge is 2.33. The highest BCUT2D eigenvalue weighted by Crippen LogP contribution is 2.20. The molecule has 0 bridgehead atoms. The molecule has 0 spiro atoms. The van der Waals surface area contributed by atoms with Crippen LogP contribution in [0.2, 0.25) is 0 Å². The van der Waals surface area contributed by atoms with Gasteiger partial charge in [-0.1, -0.05) is 65.2 Å². The molecule has 0 aromatic heterocycles. The SMILES string of the molecule is CCCCCCCC(N)(O)OC(N)(O)CCCCCCC. The van der Waals surface area contributed by atoms with Crippen LogP contribution in [0.4, 0.5) is 0 Å². The van der Waals surface area contributed by atoms with E-state index in [0.717, 1.165) is 38.5 Å². The van der Waals surface area contributed by atoms with E-state index in [4.69, 9.17) is 16.2 Å². The van der Waals surface area contributed by atoms with Crippen molar-refractivity contribution >= 4 is 0 Å². The second-order valence-corrected chi connectivity index (χ2v) is 6.12. The van der Waals surface area contributed by atoms with Crippen LogP contribution in [0.15, 0.2) is 0 Å². The predicted molar refractivity (Wildman–Crippen MR) is 86.1 cm³/mol. The summed E-state index contributed by atoms with van der Waals surface area (Å²) in [6.45, 7) is 4.30. The summed E-state index contributed by atoms with van der Waals surface area (Å²) in [4.78, 5) is 0. The predicted octanol–water partition coefficient (Wildman–Crippen LogP) is 2.93. The first kappa shape index (κ1) is 20.8. The summed E-state index contributed by atoms with van der Waals surface area (Å²) in [7, 11) is 0. The fraction of sp³-hybridized carbons (Fsp3) is 1.00. The van der Waals surface area contributed by atoms with Gasteiger partial charge in [-0.15, -0.1) is 0 Å². The molecule has 0 heterocycles. The lowest BCUT2D eigenvalue weighted by atomic mass is 10.1. The second-order valence-electron chi connectivity index (χ2n) is 6.12. The van der Waals surface area contributed by atoms with Crippen molar-refractivity contribution in [1.29, 1.82) is 0 Å². The van der Waals surface area contributed by atoms with Gasteiger partial charge >= 0.3 is 0 Å². The quantitative estimate of drug-likeness (QED) is 0.292. The molecule has 0 amide bonds. The third kappa shape index (κ3) is 13.2. The van der Waals surface area contributed by atoms with E-state index in [2.05, 4.69) is 13.8 Å². The number of ether oxygens (including phenoxy) is 1. The average Bonchev–Trinajstić information content (AvgIpc) is 2.36. The van der Waals surface area contributed by atoms with Crippen LogP contribution < -0.4 is 11.5 Å². The van der Waals surface area contributed by atoms with Crippen LogP contribution in [0.5, 0.6) is 0 Å². The summed E-state index contributed by atoms with van der Waals surface area (Å²) < 4.78 is 5.11. The maximum Gasteiger partial charge on any atom is 0.226 e. The van der Waals surface area contributed by atoms with E-state index in [9.17, 15) is 10.2 Å². The minimum Gasteiger partial charge on any atom is -0.353 e. The first-order valence-corrected chi connectivity index (χ1v) is 8.55. The van der Waals surface area contributed by atoms with Gasteiger partial charge < -0.3 is 10.2 Å². The summed E-state index contributed by atoms with van der Waals surface area (Å²) in [5.41, 5.74) is 11.3. The number of nitrogens with two attached hydrogens (primary N) is 2. The van der Waals surface area contributed by atoms with Crippen molar-refractivity contribution in [2.75, 3.05) is 0 Å². The molecule has 0 aromatic carbocycles. The van der Waals surface area contributed by atoms with E-state index < -0.39 is 11.8 Å². The Hall–Kier alpha value is -0.200. The molecule has 128 valence electrons. The summed E-state index contributed by atoms with van der Waals surface area (Å²) in [6, 6.07) is 0. The average molecular weight is 304 g/mol. The van der Waals surface area contributed by atoms with Crippen molar-refractivity contribution in [2.24, 2.45) is 11.5 Å². The van der Waals surface area contributed by atoms with E-state index in [-0.39, 0.29) is 12.8 Å². The van der Waals surface area contributed by atoms with E-state index >= 15 is 0 Å². The first-order chi connectivity index (χ1) is 9.83. The number of hydrogen-bond donors (Lipinski definition) is 4. The van der Waals surface area contributed by atoms with E-state index in [0.29, 0.717) is 0 Å². The minimum absolute atomic E-state index is 0.284. The molecule has 2 unspecified atom stereocenters. The zero-order chi connectivity index (χ0) is 16.2. The van der Waals surface area contributed by atoms with Gasteiger partial charge in [0.15, 0.2) is 0 Å². The zero-order valence-electron chi connectivity index (χ0n) is 13.9. The maximum atomic E-state index is 9.96. The van der Waals surface area contributed by atoms with Crippen molar-refractivity contribution < 1.29 is 14.9 Å². The molecule has 0 saturated carbocycles. The molecule has 0 aliphatic rings. The third-order valence-electron chi connectivity index (χ3n) is 3.63. The Labute approximate surface area is 130 Å². The topological polar surface area (TPSA) is 102 Å². The van der Waals surface area contributed by atoms with Crippen molar-refractivity contribution in [3.05, 3.63) is 0 Å². The van der Waals surface area contributed by atoms with Gasteiger partial charge in [-0.05, 0) is 12.8 Å². The van der Waals surface area contributed by atoms with E-state index in [1.54, 1.807) is 0 Å². The lowest BCUT2D eigenvalue weighted by molar-refractivity contribution is -0.334. The Morgan fingerprint density at radius 1 is 0.667 bits per heavy atom. The van der Waals surface area contributed by atoms with Crippen molar-refractivity contribution in [1.82, 2.24) is 0 Å². The third-order valence-corrected chi connectivity index (χ3v) is 3.63. The zero-order valence-corrected chi connectivity index (χ0v) is 13.9. The number of aliphatic hydroxyl groups is 2. The fourth-order valence-electron chi connectivity index (χ4n) is 2.37. The Morgan fingerprint density at radius 3 is 1.33 bits per heavy atom. The van der Waals surface area contributed by atoms with Crippen LogP contribution in [0.1, 0.15) is 90.9 Å². The summed E-state index contributed by atoms with van der Waals surface area (Å²) in [5, 5.41) is 19.9. The molecule has 0 saturated heterocycles. The summed E-state index contributed by atoms with van der Waals surface area (Å²) in [6.07, 6.45) is 11.0. The second kappa shape index (κ2) is 11.4. The van der Waals surface area contributed by atoms with Gasteiger partial charge in [0.25, 0.3) is 0 Å². The monoisotopic (exact) mass is 304 g/mol. The van der Waals surface area contributed by atoms with Crippen molar-refractivity contribution in [2.45, 2.75) is 103 Å². The highest BCUT2D eigenvalue weighted by molar-refractivity contribution is 4.66. The van der Waals surface area contributed by atoms with Gasteiger partial charge in [0, 0.05) is 12.8 Å². The summed E-state index contributed by atoms with van der Waals surface area (Å²) >= 11 is 0. The smallest absolute Gasteiger partial charge is 0.226 e. The van der Waals surface area contributed by atoms with Gasteiger partial charge in [-0.3, -0.25) is 16.2 Å². The van der Waals surface area contributed by atoms with Crippen LogP contribution in [0, 0.1) is 0 Å².